The van der Waals surface area contributed by atoms with Crippen molar-refractivity contribution in [2.24, 2.45) is 0 Å². The first-order valence-electron chi connectivity index (χ1n) is 0.333. The summed E-state index contributed by atoms with van der Waals surface area (Å²) in [4.78, 5) is 0. The van der Waals surface area contributed by atoms with Gasteiger partial charge in [0.05, 0.1) is 0 Å². The van der Waals surface area contributed by atoms with Crippen molar-refractivity contribution in [3.8, 4) is 0 Å². The van der Waals surface area contributed by atoms with Crippen molar-refractivity contribution in [1.82, 2.24) is 0 Å². The third-order valence-electron chi connectivity index (χ3n) is 0. The zero-order valence-corrected chi connectivity index (χ0v) is 7.55. The Labute approximate surface area is 61.0 Å². The van der Waals surface area contributed by atoms with Crippen molar-refractivity contribution < 1.29 is 14.9 Å². The molecule has 0 spiro atoms. The maximum atomic E-state index is 4.34. The summed E-state index contributed by atoms with van der Waals surface area (Å²) in [6.07, 6.45) is 0. The molecule has 0 atom stereocenters. The van der Waals surface area contributed by atoms with Gasteiger partial charge in [-0.15, -0.1) is 0 Å². The molecule has 0 saturated heterocycles. The van der Waals surface area contributed by atoms with E-state index < -0.39 is 0 Å². The van der Waals surface area contributed by atoms with Crippen molar-refractivity contribution >= 4 is 46.6 Å². The summed E-state index contributed by atoms with van der Waals surface area (Å²) < 4.78 is 0. The fourth-order valence-corrected chi connectivity index (χ4v) is 0. The molecule has 0 aliphatic rings. The van der Waals surface area contributed by atoms with Gasteiger partial charge < -0.3 is 27.0 Å². The molecule has 5 heteroatoms. The molecule has 0 heterocycles. The van der Waals surface area contributed by atoms with Gasteiger partial charge in [-0.25, -0.2) is 0 Å². The molecule has 0 nitrogen and oxygen atoms in total. The van der Waals surface area contributed by atoms with Gasteiger partial charge in [0, 0.05) is 0 Å². The molecule has 0 saturated carbocycles. The van der Waals surface area contributed by atoms with E-state index in [1.807, 2.05) is 0 Å². The van der Waals surface area contributed by atoms with Gasteiger partial charge in [0.1, 0.15) is 0 Å². The Bertz CT molecular complexity index is 24.6. The first-order chi connectivity index (χ1) is 1.41. The normalized spacial score (nSPS) is 2.40. The van der Waals surface area contributed by atoms with Crippen LogP contribution in [0.1, 0.15) is 0 Å². The molecule has 0 rings (SSSR count). The third kappa shape index (κ3) is 25.6. The number of hydrogen-bond acceptors (Lipinski definition) is 4. The van der Waals surface area contributed by atoms with Gasteiger partial charge >= 0.3 is 34.6 Å². The fourth-order valence-electron chi connectivity index (χ4n) is 0. The molecule has 0 radical (unpaired) electrons. The molecule has 34 valence electrons. The average molecular weight is 226 g/mol. The van der Waals surface area contributed by atoms with Crippen LogP contribution < -0.4 is 0 Å². The first-order valence-corrected chi connectivity index (χ1v) is 5.92. The van der Waals surface area contributed by atoms with Crippen molar-refractivity contribution in [2.75, 3.05) is 0 Å². The van der Waals surface area contributed by atoms with Gasteiger partial charge in [-0.05, 0) is 0 Å². The van der Waals surface area contributed by atoms with Crippen LogP contribution in [0.4, 0.5) is 0 Å². The van der Waals surface area contributed by atoms with Crippen molar-refractivity contribution in [1.29, 1.82) is 0 Å². The van der Waals surface area contributed by atoms with Gasteiger partial charge in [0.25, 0.3) is 0 Å². The van der Waals surface area contributed by atoms with Crippen LogP contribution in [0, 0.1) is 0 Å². The van der Waals surface area contributed by atoms with Crippen molar-refractivity contribution in [2.45, 2.75) is 0 Å². The van der Waals surface area contributed by atoms with E-state index in [1.54, 1.807) is 0 Å². The maximum absolute atomic E-state index is 4.34. The Morgan fingerprint density at radius 1 is 1.00 bits per heavy atom. The van der Waals surface area contributed by atoms with Crippen LogP contribution in [0.15, 0.2) is 0 Å². The standard InChI is InChI=1S/Mo.2H2S.2S/h;2*1H2;;/p-2. The summed E-state index contributed by atoms with van der Waals surface area (Å²) in [6.45, 7) is 0. The Balaban J connectivity index is -0.0000000200. The van der Waals surface area contributed by atoms with E-state index >= 15 is 0 Å². The molecule has 0 aromatic heterocycles. The first kappa shape index (κ1) is 15.8. The fraction of sp³-hybridized carbons (Fsp3) is 0. The predicted molar refractivity (Wildman–Crippen MR) is 32.7 cm³/mol. The zero-order chi connectivity index (χ0) is 2.71. The molecule has 0 bridgehead atoms. The average Bonchev–Trinajstić information content (AvgIpc) is 0.918. The Morgan fingerprint density at radius 2 is 1.00 bits per heavy atom. The van der Waals surface area contributed by atoms with Gasteiger partial charge in [0.2, 0.25) is 0 Å². The minimum atomic E-state index is -0.363. The summed E-state index contributed by atoms with van der Waals surface area (Å²) in [5, 5.41) is 0. The molecule has 0 fully saturated rings. The van der Waals surface area contributed by atoms with Gasteiger partial charge in [-0.2, -0.15) is 0 Å². The number of rotatable bonds is 0. The Morgan fingerprint density at radius 3 is 1.00 bits per heavy atom. The number of hydrogen-bond donors (Lipinski definition) is 0. The second kappa shape index (κ2) is 17.0. The monoisotopic (exact) mass is 228 g/mol. The zero-order valence-electron chi connectivity index (χ0n) is 2.12. The van der Waals surface area contributed by atoms with Crippen LogP contribution >= 0.6 is 19.6 Å². The summed E-state index contributed by atoms with van der Waals surface area (Å²) in [5.74, 6) is 0. The Kier molecular flexibility index (Phi) is 53.8. The van der Waals surface area contributed by atoms with E-state index in [2.05, 4.69) is 19.6 Å². The number of thiol groups is 2. The molecular formula is H2MoS4-2. The predicted octanol–water partition coefficient (Wildman–Crippen LogP) is 0.754. The molecule has 0 N–H and O–H groups in total. The SMILES string of the molecule is [SH-].[SH-].[S]=[Mo]=[S]. The van der Waals surface area contributed by atoms with E-state index in [4.69, 9.17) is 0 Å². The molecule has 0 aliphatic carbocycles. The summed E-state index contributed by atoms with van der Waals surface area (Å²) >= 11 is -0.363. The third-order valence-corrected chi connectivity index (χ3v) is 0. The van der Waals surface area contributed by atoms with E-state index in [0.717, 1.165) is 0 Å². The molecular weight excluding hydrogens is 224 g/mol. The van der Waals surface area contributed by atoms with Crippen LogP contribution in [0.3, 0.4) is 0 Å². The van der Waals surface area contributed by atoms with Gasteiger partial charge in [0.15, 0.2) is 0 Å². The van der Waals surface area contributed by atoms with Crippen LogP contribution in [-0.4, -0.2) is 0 Å². The molecule has 5 heavy (non-hydrogen) atoms. The summed E-state index contributed by atoms with van der Waals surface area (Å²) in [5.41, 5.74) is 0. The van der Waals surface area contributed by atoms with E-state index in [9.17, 15) is 0 Å². The molecule has 0 aromatic rings. The topological polar surface area (TPSA) is 0 Å². The van der Waals surface area contributed by atoms with E-state index in [0.29, 0.717) is 0 Å². The molecule has 0 unspecified atom stereocenters. The van der Waals surface area contributed by atoms with Crippen molar-refractivity contribution in [3.63, 3.8) is 0 Å². The summed E-state index contributed by atoms with van der Waals surface area (Å²) in [6, 6.07) is 0. The van der Waals surface area contributed by atoms with E-state index in [1.165, 1.54) is 0 Å². The quantitative estimate of drug-likeness (QED) is 0.339. The van der Waals surface area contributed by atoms with Gasteiger partial charge in [-0.1, -0.05) is 0 Å². The van der Waals surface area contributed by atoms with Crippen molar-refractivity contribution in [3.05, 3.63) is 0 Å². The molecule has 0 amide bonds. The second-order valence-corrected chi connectivity index (χ2v) is 3.62. The van der Waals surface area contributed by atoms with Crippen LogP contribution in [0.2, 0.25) is 0 Å². The second-order valence-electron chi connectivity index (χ2n) is 0.0680. The minimum absolute atomic E-state index is 0. The van der Waals surface area contributed by atoms with Crippen LogP contribution in [0.5, 0.6) is 0 Å². The van der Waals surface area contributed by atoms with Gasteiger partial charge in [-0.3, -0.25) is 0 Å². The van der Waals surface area contributed by atoms with E-state index in [-0.39, 0.29) is 41.9 Å². The summed E-state index contributed by atoms with van der Waals surface area (Å²) in [7, 11) is 8.68. The van der Waals surface area contributed by atoms with Crippen LogP contribution in [0.25, 0.3) is 0 Å². The molecule has 0 aliphatic heterocycles. The molecule has 0 aromatic carbocycles. The Hall–Kier alpha value is 1.83. The van der Waals surface area contributed by atoms with Crippen LogP contribution in [-0.2, 0) is 41.9 Å².